The summed E-state index contributed by atoms with van der Waals surface area (Å²) in [4.78, 5) is 17.0. The van der Waals surface area contributed by atoms with E-state index in [0.29, 0.717) is 11.8 Å². The molecule has 150 valence electrons. The third kappa shape index (κ3) is 4.19. The number of aromatic nitrogens is 3. The van der Waals surface area contributed by atoms with E-state index >= 15 is 0 Å². The second-order valence-electron chi connectivity index (χ2n) is 7.81. The average molecular weight is 400 g/mol. The molecular weight excluding hydrogens is 370 g/mol. The first-order valence-electron chi connectivity index (χ1n) is 10.3. The van der Waals surface area contributed by atoms with Crippen LogP contribution in [0.4, 0.5) is 5.95 Å². The van der Waals surface area contributed by atoms with Gasteiger partial charge in [-0.1, -0.05) is 42.1 Å². The first-order chi connectivity index (χ1) is 13.6. The molecule has 1 aromatic heterocycles. The summed E-state index contributed by atoms with van der Waals surface area (Å²) in [7, 11) is 1.88. The van der Waals surface area contributed by atoms with Crippen LogP contribution in [0.3, 0.4) is 0 Å². The van der Waals surface area contributed by atoms with E-state index in [1.807, 2.05) is 30.1 Å². The summed E-state index contributed by atoms with van der Waals surface area (Å²) < 4.78 is 2.28. The van der Waals surface area contributed by atoms with Crippen LogP contribution in [-0.2, 0) is 4.79 Å². The second kappa shape index (κ2) is 8.55. The van der Waals surface area contributed by atoms with Crippen LogP contribution in [-0.4, -0.2) is 51.5 Å². The molecule has 1 amide bonds. The van der Waals surface area contributed by atoms with Gasteiger partial charge in [0, 0.05) is 26.2 Å². The third-order valence-electron chi connectivity index (χ3n) is 5.78. The van der Waals surface area contributed by atoms with Crippen molar-refractivity contribution in [1.29, 1.82) is 0 Å². The molecule has 1 aliphatic heterocycles. The third-order valence-corrected chi connectivity index (χ3v) is 6.71. The molecule has 0 radical (unpaired) electrons. The van der Waals surface area contributed by atoms with Crippen molar-refractivity contribution in [1.82, 2.24) is 19.7 Å². The molecule has 0 N–H and O–H groups in total. The number of nitrogens with zero attached hydrogens (tertiary/aromatic N) is 5. The Morgan fingerprint density at radius 1 is 1.18 bits per heavy atom. The lowest BCUT2D eigenvalue weighted by atomic mass is 10.1. The number of hydrogen-bond acceptors (Lipinski definition) is 5. The van der Waals surface area contributed by atoms with E-state index in [-0.39, 0.29) is 11.9 Å². The van der Waals surface area contributed by atoms with E-state index in [1.54, 1.807) is 0 Å². The van der Waals surface area contributed by atoms with Gasteiger partial charge in [-0.05, 0) is 44.6 Å². The summed E-state index contributed by atoms with van der Waals surface area (Å²) in [6, 6.07) is 10.7. The van der Waals surface area contributed by atoms with Crippen molar-refractivity contribution in [2.45, 2.75) is 56.3 Å². The van der Waals surface area contributed by atoms with Crippen LogP contribution in [0.2, 0.25) is 0 Å². The molecule has 2 aliphatic rings. The van der Waals surface area contributed by atoms with E-state index in [2.05, 4.69) is 38.7 Å². The smallest absolute Gasteiger partial charge is 0.233 e. The number of thioether (sulfide) groups is 1. The number of piperidine rings is 1. The van der Waals surface area contributed by atoms with Crippen LogP contribution in [0.25, 0.3) is 0 Å². The molecule has 2 fully saturated rings. The molecule has 1 saturated carbocycles. The van der Waals surface area contributed by atoms with E-state index in [9.17, 15) is 4.79 Å². The highest BCUT2D eigenvalue weighted by molar-refractivity contribution is 7.99. The molecule has 1 aromatic carbocycles. The fourth-order valence-corrected chi connectivity index (χ4v) is 4.65. The Labute approximate surface area is 171 Å². The fourth-order valence-electron chi connectivity index (χ4n) is 3.73. The van der Waals surface area contributed by atoms with Gasteiger partial charge in [-0.15, -0.1) is 10.2 Å². The quantitative estimate of drug-likeness (QED) is 0.661. The maximum Gasteiger partial charge on any atom is 0.233 e. The highest BCUT2D eigenvalue weighted by atomic mass is 32.2. The number of benzene rings is 1. The summed E-state index contributed by atoms with van der Waals surface area (Å²) in [6.45, 7) is 4.19. The predicted molar refractivity (Wildman–Crippen MR) is 113 cm³/mol. The average Bonchev–Trinajstić information content (AvgIpc) is 3.51. The number of rotatable bonds is 7. The van der Waals surface area contributed by atoms with Crippen molar-refractivity contribution in [2.24, 2.45) is 0 Å². The Hall–Kier alpha value is -2.02. The highest BCUT2D eigenvalue weighted by Gasteiger charge is 2.32. The van der Waals surface area contributed by atoms with Gasteiger partial charge in [0.1, 0.15) is 0 Å². The summed E-state index contributed by atoms with van der Waals surface area (Å²) in [5.74, 6) is 1.51. The normalized spacial score (nSPS) is 18.1. The molecule has 7 heteroatoms. The molecule has 0 bridgehead atoms. The van der Waals surface area contributed by atoms with Crippen LogP contribution in [0.15, 0.2) is 35.5 Å². The van der Waals surface area contributed by atoms with E-state index in [4.69, 9.17) is 0 Å². The van der Waals surface area contributed by atoms with Gasteiger partial charge >= 0.3 is 0 Å². The molecule has 1 unspecified atom stereocenters. The zero-order chi connectivity index (χ0) is 19.5. The molecule has 1 atom stereocenters. The zero-order valence-corrected chi connectivity index (χ0v) is 17.6. The maximum absolute atomic E-state index is 12.8. The second-order valence-corrected chi connectivity index (χ2v) is 8.75. The Kier molecular flexibility index (Phi) is 5.90. The lowest BCUT2D eigenvalue weighted by Gasteiger charge is -2.28. The minimum absolute atomic E-state index is 0.0551. The molecule has 4 rings (SSSR count). The topological polar surface area (TPSA) is 54.3 Å². The van der Waals surface area contributed by atoms with Crippen LogP contribution < -0.4 is 4.90 Å². The first-order valence-corrected chi connectivity index (χ1v) is 11.3. The van der Waals surface area contributed by atoms with Crippen molar-refractivity contribution in [3.8, 4) is 0 Å². The molecule has 2 heterocycles. The molecule has 6 nitrogen and oxygen atoms in total. The predicted octanol–water partition coefficient (Wildman–Crippen LogP) is 3.92. The minimum atomic E-state index is 0.0551. The molecule has 0 spiro atoms. The first kappa shape index (κ1) is 19.3. The standard InChI is InChI=1S/C21H29N5OS/c1-16(17-9-5-3-6-10-17)24(2)19(27)15-28-21-23-22-20(26(21)18-11-12-18)25-13-7-4-8-14-25/h3,5-6,9-10,16,18H,4,7-8,11-15H2,1-2H3. The van der Waals surface area contributed by atoms with Gasteiger partial charge in [-0.3, -0.25) is 9.36 Å². The molecule has 1 saturated heterocycles. The van der Waals surface area contributed by atoms with E-state index < -0.39 is 0 Å². The maximum atomic E-state index is 12.8. The Morgan fingerprint density at radius 3 is 2.57 bits per heavy atom. The van der Waals surface area contributed by atoms with E-state index in [0.717, 1.165) is 29.8 Å². The van der Waals surface area contributed by atoms with Crippen molar-refractivity contribution < 1.29 is 4.79 Å². The summed E-state index contributed by atoms with van der Waals surface area (Å²) in [5.41, 5.74) is 1.15. The highest BCUT2D eigenvalue weighted by Crippen LogP contribution is 2.41. The Morgan fingerprint density at radius 2 is 1.89 bits per heavy atom. The van der Waals surface area contributed by atoms with Gasteiger partial charge in [0.05, 0.1) is 11.8 Å². The summed E-state index contributed by atoms with van der Waals surface area (Å²) in [5, 5.41) is 9.84. The lowest BCUT2D eigenvalue weighted by molar-refractivity contribution is -0.128. The van der Waals surface area contributed by atoms with Gasteiger partial charge < -0.3 is 9.80 Å². The molecule has 28 heavy (non-hydrogen) atoms. The lowest BCUT2D eigenvalue weighted by Crippen LogP contribution is -2.32. The Bertz CT molecular complexity index is 798. The number of carbonyl (C=O) groups is 1. The van der Waals surface area contributed by atoms with Crippen LogP contribution in [0.1, 0.15) is 56.7 Å². The minimum Gasteiger partial charge on any atom is -0.341 e. The Balaban J connectivity index is 1.41. The van der Waals surface area contributed by atoms with Crippen LogP contribution in [0, 0.1) is 0 Å². The molecule has 1 aliphatic carbocycles. The van der Waals surface area contributed by atoms with Gasteiger partial charge in [-0.25, -0.2) is 0 Å². The number of anilines is 1. The molecule has 2 aromatic rings. The van der Waals surface area contributed by atoms with Gasteiger partial charge in [0.15, 0.2) is 5.16 Å². The number of carbonyl (C=O) groups excluding carboxylic acids is 1. The number of hydrogen-bond donors (Lipinski definition) is 0. The zero-order valence-electron chi connectivity index (χ0n) is 16.8. The molecular formula is C21H29N5OS. The van der Waals surface area contributed by atoms with Crippen molar-refractivity contribution in [2.75, 3.05) is 30.8 Å². The van der Waals surface area contributed by atoms with Gasteiger partial charge in [0.25, 0.3) is 0 Å². The van der Waals surface area contributed by atoms with Crippen LogP contribution >= 0.6 is 11.8 Å². The monoisotopic (exact) mass is 399 g/mol. The van der Waals surface area contributed by atoms with Crippen molar-refractivity contribution >= 4 is 23.6 Å². The van der Waals surface area contributed by atoms with Gasteiger partial charge in [0.2, 0.25) is 11.9 Å². The van der Waals surface area contributed by atoms with Gasteiger partial charge in [-0.2, -0.15) is 0 Å². The largest absolute Gasteiger partial charge is 0.341 e. The SMILES string of the molecule is CC(c1ccccc1)N(C)C(=O)CSc1nnc(N2CCCCC2)n1C1CC1. The summed E-state index contributed by atoms with van der Waals surface area (Å²) >= 11 is 1.52. The van der Waals surface area contributed by atoms with Crippen molar-refractivity contribution in [3.05, 3.63) is 35.9 Å². The van der Waals surface area contributed by atoms with E-state index in [1.165, 1.54) is 43.9 Å². The van der Waals surface area contributed by atoms with Crippen LogP contribution in [0.5, 0.6) is 0 Å². The van der Waals surface area contributed by atoms with Crippen molar-refractivity contribution in [3.63, 3.8) is 0 Å². The fraction of sp³-hybridized carbons (Fsp3) is 0.571. The summed E-state index contributed by atoms with van der Waals surface area (Å²) in [6.07, 6.45) is 6.12. The number of amides is 1.